The molecular weight excluding hydrogens is 180 g/mol. The van der Waals surface area contributed by atoms with Crippen molar-refractivity contribution >= 4 is 6.09 Å². The molecular formula is C10H12N2O2. The zero-order chi connectivity index (χ0) is 9.71. The van der Waals surface area contributed by atoms with Gasteiger partial charge in [-0.05, 0) is 24.0 Å². The maximum atomic E-state index is 11.2. The van der Waals surface area contributed by atoms with Crippen LogP contribution in [0.15, 0.2) is 23.3 Å². The number of carbonyl (C=O) groups is 1. The molecule has 2 aliphatic carbocycles. The molecule has 4 heteroatoms. The molecule has 0 aromatic carbocycles. The smallest absolute Gasteiger partial charge is 0.425 e. The summed E-state index contributed by atoms with van der Waals surface area (Å²) in [6, 6.07) is 0.00227. The summed E-state index contributed by atoms with van der Waals surface area (Å²) < 4.78 is 5.18. The number of nitrogens with zero attached hydrogens (tertiary/aromatic N) is 1. The number of hydrogen-bond donors (Lipinski definition) is 1. The number of rotatable bonds is 0. The van der Waals surface area contributed by atoms with Crippen LogP contribution in [0.1, 0.15) is 19.3 Å². The molecule has 1 saturated heterocycles. The van der Waals surface area contributed by atoms with Gasteiger partial charge in [-0.3, -0.25) is 0 Å². The number of hydrogen-bond acceptors (Lipinski definition) is 3. The predicted octanol–water partition coefficient (Wildman–Crippen LogP) is 1.10. The van der Waals surface area contributed by atoms with Crippen molar-refractivity contribution in [3.63, 3.8) is 0 Å². The third kappa shape index (κ3) is 0.889. The molecule has 0 bridgehead atoms. The molecule has 0 aromatic rings. The Morgan fingerprint density at radius 1 is 1.57 bits per heavy atom. The first-order chi connectivity index (χ1) is 6.77. The molecule has 0 spiro atoms. The zero-order valence-electron chi connectivity index (χ0n) is 7.77. The molecule has 4 nitrogen and oxygen atoms in total. The van der Waals surface area contributed by atoms with Gasteiger partial charge in [0.15, 0.2) is 0 Å². The van der Waals surface area contributed by atoms with Crippen LogP contribution in [0.3, 0.4) is 0 Å². The van der Waals surface area contributed by atoms with E-state index in [1.165, 1.54) is 16.2 Å². The molecule has 2 atom stereocenters. The van der Waals surface area contributed by atoms with Gasteiger partial charge in [0.1, 0.15) is 12.1 Å². The SMILES string of the molecule is NN1C(=O)O[C@@H]2CC3=C(CCC=C3)C21. The monoisotopic (exact) mass is 192 g/mol. The highest BCUT2D eigenvalue weighted by atomic mass is 16.6. The van der Waals surface area contributed by atoms with Gasteiger partial charge >= 0.3 is 6.09 Å². The third-order valence-electron chi connectivity index (χ3n) is 3.20. The Kier molecular flexibility index (Phi) is 1.50. The van der Waals surface area contributed by atoms with Gasteiger partial charge in [0.25, 0.3) is 0 Å². The van der Waals surface area contributed by atoms with Crippen molar-refractivity contribution in [1.29, 1.82) is 0 Å². The molecule has 1 aliphatic heterocycles. The second-order valence-electron chi connectivity index (χ2n) is 3.97. The van der Waals surface area contributed by atoms with Crippen LogP contribution < -0.4 is 5.84 Å². The number of hydrazine groups is 1. The van der Waals surface area contributed by atoms with E-state index in [2.05, 4.69) is 12.2 Å². The molecule has 0 saturated carbocycles. The van der Waals surface area contributed by atoms with Crippen molar-refractivity contribution in [2.45, 2.75) is 31.4 Å². The van der Waals surface area contributed by atoms with Crippen LogP contribution in [-0.2, 0) is 4.74 Å². The normalized spacial score (nSPS) is 34.6. The number of carbonyl (C=O) groups excluding carboxylic acids is 1. The van der Waals surface area contributed by atoms with Gasteiger partial charge in [-0.15, -0.1) is 0 Å². The molecule has 74 valence electrons. The van der Waals surface area contributed by atoms with E-state index in [4.69, 9.17) is 10.6 Å². The summed E-state index contributed by atoms with van der Waals surface area (Å²) >= 11 is 0. The van der Waals surface area contributed by atoms with Crippen molar-refractivity contribution in [2.75, 3.05) is 0 Å². The van der Waals surface area contributed by atoms with E-state index in [1.807, 2.05) is 0 Å². The number of amides is 1. The molecule has 3 aliphatic rings. The lowest BCUT2D eigenvalue weighted by molar-refractivity contribution is 0.133. The largest absolute Gasteiger partial charge is 0.442 e. The van der Waals surface area contributed by atoms with Crippen molar-refractivity contribution in [3.8, 4) is 0 Å². The Labute approximate surface area is 82.0 Å². The Balaban J connectivity index is 1.98. The van der Waals surface area contributed by atoms with Gasteiger partial charge in [0.2, 0.25) is 0 Å². The van der Waals surface area contributed by atoms with Gasteiger partial charge in [-0.25, -0.2) is 15.6 Å². The molecule has 14 heavy (non-hydrogen) atoms. The first-order valence-corrected chi connectivity index (χ1v) is 4.90. The molecule has 0 radical (unpaired) electrons. The summed E-state index contributed by atoms with van der Waals surface area (Å²) in [6.07, 6.45) is 6.76. The Bertz CT molecular complexity index is 359. The van der Waals surface area contributed by atoms with Gasteiger partial charge in [-0.2, -0.15) is 0 Å². The highest BCUT2D eigenvalue weighted by molar-refractivity contribution is 5.72. The minimum Gasteiger partial charge on any atom is -0.442 e. The lowest BCUT2D eigenvalue weighted by Crippen LogP contribution is -2.41. The summed E-state index contributed by atoms with van der Waals surface area (Å²) in [7, 11) is 0. The van der Waals surface area contributed by atoms with Crippen molar-refractivity contribution in [1.82, 2.24) is 5.01 Å². The average Bonchev–Trinajstić information content (AvgIpc) is 2.65. The van der Waals surface area contributed by atoms with Crippen LogP contribution in [0.4, 0.5) is 4.79 Å². The lowest BCUT2D eigenvalue weighted by atomic mass is 9.98. The summed E-state index contributed by atoms with van der Waals surface area (Å²) in [4.78, 5) is 11.2. The van der Waals surface area contributed by atoms with E-state index in [0.717, 1.165) is 19.3 Å². The van der Waals surface area contributed by atoms with Gasteiger partial charge in [0, 0.05) is 6.42 Å². The Morgan fingerprint density at radius 3 is 3.29 bits per heavy atom. The fourth-order valence-electron chi connectivity index (χ4n) is 2.58. The number of nitrogens with two attached hydrogens (primary N) is 1. The highest BCUT2D eigenvalue weighted by Crippen LogP contribution is 2.40. The van der Waals surface area contributed by atoms with Crippen LogP contribution in [0.25, 0.3) is 0 Å². The Hall–Kier alpha value is -1.29. The molecule has 3 rings (SSSR count). The fourth-order valence-corrected chi connectivity index (χ4v) is 2.58. The standard InChI is InChI=1S/C10H12N2O2/c11-12-9-7-4-2-1-3-6(7)5-8(9)14-10(12)13/h1,3,8-9H,2,4-5,11H2/t8-,9?/m1/s1. The first kappa shape index (κ1) is 8.05. The summed E-state index contributed by atoms with van der Waals surface area (Å²) in [5, 5.41) is 1.24. The number of allylic oxidation sites excluding steroid dienone is 2. The molecule has 1 amide bonds. The lowest BCUT2D eigenvalue weighted by Gasteiger charge is -2.19. The third-order valence-corrected chi connectivity index (χ3v) is 3.20. The topological polar surface area (TPSA) is 55.6 Å². The van der Waals surface area contributed by atoms with Crippen LogP contribution in [0.5, 0.6) is 0 Å². The van der Waals surface area contributed by atoms with Gasteiger partial charge < -0.3 is 4.74 Å². The highest BCUT2D eigenvalue weighted by Gasteiger charge is 2.47. The fraction of sp³-hybridized carbons (Fsp3) is 0.500. The van der Waals surface area contributed by atoms with E-state index < -0.39 is 0 Å². The average molecular weight is 192 g/mol. The van der Waals surface area contributed by atoms with Crippen LogP contribution in [-0.4, -0.2) is 23.2 Å². The maximum Gasteiger partial charge on any atom is 0.425 e. The molecule has 0 aromatic heterocycles. The van der Waals surface area contributed by atoms with Crippen LogP contribution in [0.2, 0.25) is 0 Å². The van der Waals surface area contributed by atoms with E-state index in [0.29, 0.717) is 0 Å². The second kappa shape index (κ2) is 2.60. The molecule has 2 N–H and O–H groups in total. The van der Waals surface area contributed by atoms with Crippen molar-refractivity contribution in [3.05, 3.63) is 23.3 Å². The Morgan fingerprint density at radius 2 is 2.43 bits per heavy atom. The zero-order valence-corrected chi connectivity index (χ0v) is 7.77. The number of ether oxygens (including phenoxy) is 1. The predicted molar refractivity (Wildman–Crippen MR) is 50.1 cm³/mol. The van der Waals surface area contributed by atoms with E-state index >= 15 is 0 Å². The summed E-state index contributed by atoms with van der Waals surface area (Å²) in [5.41, 5.74) is 2.61. The second-order valence-corrected chi connectivity index (χ2v) is 3.97. The molecule has 1 heterocycles. The van der Waals surface area contributed by atoms with Crippen LogP contribution in [0, 0.1) is 0 Å². The van der Waals surface area contributed by atoms with Gasteiger partial charge in [-0.1, -0.05) is 12.2 Å². The van der Waals surface area contributed by atoms with Crippen LogP contribution >= 0.6 is 0 Å². The first-order valence-electron chi connectivity index (χ1n) is 4.90. The number of fused-ring (bicyclic) bond motifs is 2. The minimum atomic E-state index is -0.388. The quantitative estimate of drug-likeness (QED) is 0.462. The summed E-state index contributed by atoms with van der Waals surface area (Å²) in [6.45, 7) is 0. The maximum absolute atomic E-state index is 11.2. The van der Waals surface area contributed by atoms with Crippen molar-refractivity contribution in [2.24, 2.45) is 5.84 Å². The summed E-state index contributed by atoms with van der Waals surface area (Å²) in [5.74, 6) is 5.67. The van der Waals surface area contributed by atoms with Gasteiger partial charge in [0.05, 0.1) is 0 Å². The van der Waals surface area contributed by atoms with E-state index in [9.17, 15) is 4.79 Å². The minimum absolute atomic E-state index is 0.00227. The molecule has 1 fully saturated rings. The molecule has 1 unspecified atom stereocenters. The van der Waals surface area contributed by atoms with E-state index in [1.54, 1.807) is 0 Å². The van der Waals surface area contributed by atoms with E-state index in [-0.39, 0.29) is 18.2 Å². The van der Waals surface area contributed by atoms with Crippen molar-refractivity contribution < 1.29 is 9.53 Å².